The van der Waals surface area contributed by atoms with Crippen LogP contribution in [0, 0.1) is 0 Å². The number of nitrogens with one attached hydrogen (secondary N) is 2. The molecule has 1 aliphatic carbocycles. The zero-order chi connectivity index (χ0) is 18.1. The fraction of sp³-hybridized carbons (Fsp3) is 0.316. The molecule has 2 N–H and O–H groups in total. The molecule has 2 aromatic rings. The predicted molar refractivity (Wildman–Crippen MR) is 104 cm³/mol. The summed E-state index contributed by atoms with van der Waals surface area (Å²) in [5.41, 5.74) is 3.78. The van der Waals surface area contributed by atoms with Gasteiger partial charge in [0.25, 0.3) is 10.0 Å². The molecule has 1 saturated heterocycles. The number of thioether (sulfide) groups is 1. The monoisotopic (exact) mass is 388 g/mol. The van der Waals surface area contributed by atoms with Crippen LogP contribution in [0.5, 0.6) is 0 Å². The summed E-state index contributed by atoms with van der Waals surface area (Å²) in [5, 5.41) is 2.74. The molecule has 0 spiro atoms. The lowest BCUT2D eigenvalue weighted by Gasteiger charge is -2.17. The van der Waals surface area contributed by atoms with E-state index in [-0.39, 0.29) is 11.3 Å². The molecule has 1 amide bonds. The molecule has 26 heavy (non-hydrogen) atoms. The molecule has 2 aliphatic rings. The zero-order valence-corrected chi connectivity index (χ0v) is 15.8. The minimum atomic E-state index is -3.64. The Balaban J connectivity index is 1.57. The second kappa shape index (κ2) is 6.96. The number of fused-ring (bicyclic) bond motifs is 1. The molecular weight excluding hydrogens is 368 g/mol. The van der Waals surface area contributed by atoms with Crippen LogP contribution in [0.15, 0.2) is 47.4 Å². The number of amides is 1. The lowest BCUT2D eigenvalue weighted by Crippen LogP contribution is -2.19. The first-order valence-corrected chi connectivity index (χ1v) is 11.2. The van der Waals surface area contributed by atoms with Crippen LogP contribution in [-0.4, -0.2) is 20.1 Å². The average Bonchev–Trinajstić information content (AvgIpc) is 3.08. The number of carbonyl (C=O) groups is 1. The van der Waals surface area contributed by atoms with Gasteiger partial charge in [0.2, 0.25) is 5.91 Å². The van der Waals surface area contributed by atoms with Crippen molar-refractivity contribution in [1.29, 1.82) is 0 Å². The number of benzene rings is 2. The molecule has 4 rings (SSSR count). The van der Waals surface area contributed by atoms with Crippen LogP contribution in [0.2, 0.25) is 0 Å². The maximum atomic E-state index is 12.8. The number of carbonyl (C=O) groups excluding carboxylic acids is 1. The molecule has 0 unspecified atom stereocenters. The predicted octanol–water partition coefficient (Wildman–Crippen LogP) is 3.23. The number of rotatable bonds is 4. The van der Waals surface area contributed by atoms with Gasteiger partial charge in [-0.15, -0.1) is 11.8 Å². The van der Waals surface area contributed by atoms with E-state index in [1.54, 1.807) is 30.3 Å². The summed E-state index contributed by atoms with van der Waals surface area (Å²) in [6.07, 6.45) is 4.24. The van der Waals surface area contributed by atoms with E-state index in [1.165, 1.54) is 23.7 Å². The molecule has 5 nitrogen and oxygen atoms in total. The van der Waals surface area contributed by atoms with Gasteiger partial charge in [-0.05, 0) is 66.6 Å². The highest BCUT2D eigenvalue weighted by Gasteiger charge is 2.24. The van der Waals surface area contributed by atoms with Crippen LogP contribution >= 0.6 is 11.8 Å². The topological polar surface area (TPSA) is 75.3 Å². The number of sulfonamides is 1. The molecule has 0 aromatic heterocycles. The fourth-order valence-corrected chi connectivity index (χ4v) is 5.48. The first kappa shape index (κ1) is 17.4. The Bertz CT molecular complexity index is 957. The van der Waals surface area contributed by atoms with Crippen molar-refractivity contribution in [3.8, 4) is 0 Å². The van der Waals surface area contributed by atoms with E-state index in [4.69, 9.17) is 0 Å². The summed E-state index contributed by atoms with van der Waals surface area (Å²) in [7, 11) is -3.64. The lowest BCUT2D eigenvalue weighted by atomic mass is 9.92. The largest absolute Gasteiger partial charge is 0.339 e. The molecule has 1 heterocycles. The minimum Gasteiger partial charge on any atom is -0.339 e. The van der Waals surface area contributed by atoms with Crippen LogP contribution < -0.4 is 10.0 Å². The maximum absolute atomic E-state index is 12.8. The van der Waals surface area contributed by atoms with Gasteiger partial charge < -0.3 is 5.32 Å². The molecule has 7 heteroatoms. The zero-order valence-electron chi connectivity index (χ0n) is 14.2. The lowest BCUT2D eigenvalue weighted by molar-refractivity contribution is -0.118. The Morgan fingerprint density at radius 2 is 1.85 bits per heavy atom. The second-order valence-electron chi connectivity index (χ2n) is 6.63. The van der Waals surface area contributed by atoms with Gasteiger partial charge >= 0.3 is 0 Å². The molecule has 0 bridgehead atoms. The summed E-state index contributed by atoms with van der Waals surface area (Å²) in [6.45, 7) is 0. The van der Waals surface area contributed by atoms with Crippen molar-refractivity contribution < 1.29 is 13.2 Å². The van der Waals surface area contributed by atoms with Crippen LogP contribution in [0.4, 0.5) is 5.69 Å². The van der Waals surface area contributed by atoms with Gasteiger partial charge in [0.05, 0.1) is 10.6 Å². The van der Waals surface area contributed by atoms with Crippen molar-refractivity contribution in [3.63, 3.8) is 0 Å². The molecule has 0 radical (unpaired) electrons. The van der Waals surface area contributed by atoms with E-state index in [1.807, 2.05) is 12.1 Å². The van der Waals surface area contributed by atoms with Crippen LogP contribution in [-0.2, 0) is 27.7 Å². The van der Waals surface area contributed by atoms with E-state index >= 15 is 0 Å². The quantitative estimate of drug-likeness (QED) is 0.843. The highest BCUT2D eigenvalue weighted by atomic mass is 32.2. The van der Waals surface area contributed by atoms with Gasteiger partial charge in [-0.2, -0.15) is 0 Å². The van der Waals surface area contributed by atoms with Crippen molar-refractivity contribution in [2.24, 2.45) is 0 Å². The fourth-order valence-electron chi connectivity index (χ4n) is 3.42. The van der Waals surface area contributed by atoms with Crippen molar-refractivity contribution in [1.82, 2.24) is 5.32 Å². The van der Waals surface area contributed by atoms with Crippen LogP contribution in [0.3, 0.4) is 0 Å². The Morgan fingerprint density at radius 3 is 2.62 bits per heavy atom. The second-order valence-corrected chi connectivity index (χ2v) is 9.40. The third-order valence-corrected chi connectivity index (χ3v) is 7.28. The standard InChI is InChI=1S/C19H20N2O3S2/c22-18-12-25-19(20-18)15-6-3-7-16(10-15)21-26(23,24)17-9-8-13-4-1-2-5-14(13)11-17/h3,6-11,19,21H,1-2,4-5,12H2,(H,20,22)/t19-/m0/s1. The number of aryl methyl sites for hydroxylation is 2. The summed E-state index contributed by atoms with van der Waals surface area (Å²) in [4.78, 5) is 11.7. The van der Waals surface area contributed by atoms with Gasteiger partial charge in [0, 0.05) is 5.69 Å². The highest BCUT2D eigenvalue weighted by molar-refractivity contribution is 8.00. The average molecular weight is 389 g/mol. The van der Waals surface area contributed by atoms with Crippen molar-refractivity contribution in [2.45, 2.75) is 36.0 Å². The van der Waals surface area contributed by atoms with Gasteiger partial charge in [-0.3, -0.25) is 9.52 Å². The van der Waals surface area contributed by atoms with Crippen LogP contribution in [0.1, 0.15) is 34.9 Å². The summed E-state index contributed by atoms with van der Waals surface area (Å²) >= 11 is 1.50. The summed E-state index contributed by atoms with van der Waals surface area (Å²) in [5.74, 6) is 0.426. The molecule has 136 valence electrons. The van der Waals surface area contributed by atoms with Crippen LogP contribution in [0.25, 0.3) is 0 Å². The molecule has 1 atom stereocenters. The maximum Gasteiger partial charge on any atom is 0.261 e. The van der Waals surface area contributed by atoms with Gasteiger partial charge in [-0.1, -0.05) is 18.2 Å². The Morgan fingerprint density at radius 1 is 1.04 bits per heavy atom. The smallest absolute Gasteiger partial charge is 0.261 e. The van der Waals surface area contributed by atoms with Gasteiger partial charge in [0.15, 0.2) is 0 Å². The van der Waals surface area contributed by atoms with Crippen molar-refractivity contribution in [3.05, 3.63) is 59.2 Å². The number of hydrogen-bond donors (Lipinski definition) is 2. The Kier molecular flexibility index (Phi) is 4.67. The summed E-state index contributed by atoms with van der Waals surface area (Å²) in [6, 6.07) is 12.6. The first-order chi connectivity index (χ1) is 12.5. The van der Waals surface area contributed by atoms with Gasteiger partial charge in [0.1, 0.15) is 5.37 Å². The number of anilines is 1. The van der Waals surface area contributed by atoms with E-state index in [0.717, 1.165) is 30.4 Å². The Labute approximate surface area is 157 Å². The molecule has 1 aliphatic heterocycles. The normalized spacial score (nSPS) is 19.7. The van der Waals surface area contributed by atoms with E-state index in [9.17, 15) is 13.2 Å². The minimum absolute atomic E-state index is 0.0000399. The van der Waals surface area contributed by atoms with E-state index in [0.29, 0.717) is 16.3 Å². The third kappa shape index (κ3) is 3.59. The molecular formula is C19H20N2O3S2. The molecule has 1 fully saturated rings. The van der Waals surface area contributed by atoms with E-state index in [2.05, 4.69) is 10.0 Å². The number of hydrogen-bond acceptors (Lipinski definition) is 4. The first-order valence-electron chi connectivity index (χ1n) is 8.67. The Hall–Kier alpha value is -1.99. The van der Waals surface area contributed by atoms with Crippen molar-refractivity contribution in [2.75, 3.05) is 10.5 Å². The van der Waals surface area contributed by atoms with Gasteiger partial charge in [-0.25, -0.2) is 8.42 Å². The highest BCUT2D eigenvalue weighted by Crippen LogP contribution is 2.32. The van der Waals surface area contributed by atoms with Crippen molar-refractivity contribution >= 4 is 33.4 Å². The summed E-state index contributed by atoms with van der Waals surface area (Å²) < 4.78 is 28.2. The van der Waals surface area contributed by atoms with E-state index < -0.39 is 10.0 Å². The molecule has 2 aromatic carbocycles. The third-order valence-electron chi connectivity index (χ3n) is 4.75. The molecule has 0 saturated carbocycles. The SMILES string of the molecule is O=C1CS[C@@H](c2cccc(NS(=O)(=O)c3ccc4c(c3)CCCC4)c2)N1.